The molecule has 1 aliphatic carbocycles. The number of hydrogen-bond acceptors (Lipinski definition) is 6. The maximum absolute atomic E-state index is 12.5. The van der Waals surface area contributed by atoms with Gasteiger partial charge in [-0.2, -0.15) is 0 Å². The number of ether oxygens (including phenoxy) is 2. The number of rotatable bonds is 2. The Morgan fingerprint density at radius 3 is 2.67 bits per heavy atom. The van der Waals surface area contributed by atoms with Crippen molar-refractivity contribution in [1.29, 1.82) is 0 Å². The Balaban J connectivity index is 2.21. The molecule has 1 aliphatic heterocycles. The van der Waals surface area contributed by atoms with E-state index in [1.165, 1.54) is 19.1 Å². The number of hydrogen-bond donors (Lipinski definition) is 2. The van der Waals surface area contributed by atoms with Gasteiger partial charge in [-0.25, -0.2) is 4.79 Å². The van der Waals surface area contributed by atoms with Crippen LogP contribution in [0.2, 0.25) is 0 Å². The summed E-state index contributed by atoms with van der Waals surface area (Å²) in [4.78, 5) is 24.6. The summed E-state index contributed by atoms with van der Waals surface area (Å²) in [5.41, 5.74) is -2.58. The molecule has 6 heteroatoms. The van der Waals surface area contributed by atoms with E-state index in [0.29, 0.717) is 0 Å². The van der Waals surface area contributed by atoms with E-state index in [2.05, 4.69) is 0 Å². The predicted molar refractivity (Wildman–Crippen MR) is 70.0 cm³/mol. The lowest BCUT2D eigenvalue weighted by Crippen LogP contribution is -2.52. The average molecular weight is 290 g/mol. The number of aliphatic hydroxyl groups is 2. The predicted octanol–water partition coefficient (Wildman–Crippen LogP) is 0.626. The van der Waals surface area contributed by atoms with Crippen molar-refractivity contribution in [3.8, 4) is 0 Å². The lowest BCUT2D eigenvalue weighted by atomic mass is 9.86. The fraction of sp³-hybridized carbons (Fsp3) is 0.333. The normalized spacial score (nSPS) is 30.0. The average Bonchev–Trinajstić information content (AvgIpc) is 2.75. The molecule has 0 saturated heterocycles. The van der Waals surface area contributed by atoms with Crippen LogP contribution in [0, 0.1) is 0 Å². The van der Waals surface area contributed by atoms with Gasteiger partial charge in [0.1, 0.15) is 11.3 Å². The van der Waals surface area contributed by atoms with Crippen molar-refractivity contribution >= 4 is 11.8 Å². The minimum absolute atomic E-state index is 0.0266. The van der Waals surface area contributed by atoms with E-state index in [9.17, 15) is 19.8 Å². The Hall–Kier alpha value is -2.18. The van der Waals surface area contributed by atoms with Crippen molar-refractivity contribution in [2.45, 2.75) is 25.2 Å². The first-order valence-corrected chi connectivity index (χ1v) is 6.54. The quantitative estimate of drug-likeness (QED) is 0.776. The van der Waals surface area contributed by atoms with E-state index < -0.39 is 23.1 Å². The number of carbonyl (C=O) groups is 2. The second-order valence-corrected chi connectivity index (χ2v) is 4.98. The highest BCUT2D eigenvalue weighted by Gasteiger charge is 2.72. The third kappa shape index (κ3) is 1.43. The standard InChI is InChI=1S/C15H14O6/c1-3-20-13(17)11-8(2)21-15(19)10-7-5-4-6-9(10)12(16)14(11,15)18/h4-7,18-19H,3H2,1-2H3/t14-,15-/m1/s1. The van der Waals surface area contributed by atoms with E-state index in [-0.39, 0.29) is 29.1 Å². The highest BCUT2D eigenvalue weighted by atomic mass is 16.7. The van der Waals surface area contributed by atoms with Crippen LogP contribution in [0.25, 0.3) is 0 Å². The summed E-state index contributed by atoms with van der Waals surface area (Å²) in [5, 5.41) is 21.6. The zero-order valence-electron chi connectivity index (χ0n) is 11.5. The molecular formula is C15H14O6. The lowest BCUT2D eigenvalue weighted by molar-refractivity contribution is -0.236. The number of fused-ring (bicyclic) bond motifs is 3. The maximum atomic E-state index is 12.5. The zero-order valence-corrected chi connectivity index (χ0v) is 11.5. The number of allylic oxidation sites excluding steroid dienone is 1. The third-order valence-corrected chi connectivity index (χ3v) is 3.85. The molecule has 21 heavy (non-hydrogen) atoms. The number of ketones is 1. The fourth-order valence-electron chi connectivity index (χ4n) is 2.95. The van der Waals surface area contributed by atoms with E-state index >= 15 is 0 Å². The molecule has 6 nitrogen and oxygen atoms in total. The summed E-state index contributed by atoms with van der Waals surface area (Å²) >= 11 is 0. The largest absolute Gasteiger partial charge is 0.462 e. The van der Waals surface area contributed by atoms with Crippen LogP contribution in [0.5, 0.6) is 0 Å². The molecule has 0 unspecified atom stereocenters. The summed E-state index contributed by atoms with van der Waals surface area (Å²) in [6, 6.07) is 6.15. The van der Waals surface area contributed by atoms with Gasteiger partial charge in [0, 0.05) is 11.1 Å². The molecule has 110 valence electrons. The molecule has 0 aromatic heterocycles. The van der Waals surface area contributed by atoms with Gasteiger partial charge >= 0.3 is 5.97 Å². The summed E-state index contributed by atoms with van der Waals surface area (Å²) < 4.78 is 10.2. The molecule has 0 fully saturated rings. The van der Waals surface area contributed by atoms with Gasteiger partial charge in [0.25, 0.3) is 5.79 Å². The van der Waals surface area contributed by atoms with Crippen LogP contribution in [0.3, 0.4) is 0 Å². The maximum Gasteiger partial charge on any atom is 0.341 e. The van der Waals surface area contributed by atoms with Gasteiger partial charge < -0.3 is 19.7 Å². The smallest absolute Gasteiger partial charge is 0.341 e. The Labute approximate surface area is 120 Å². The number of benzene rings is 1. The molecule has 2 aliphatic rings. The Morgan fingerprint density at radius 1 is 1.33 bits per heavy atom. The van der Waals surface area contributed by atoms with Crippen LogP contribution >= 0.6 is 0 Å². The molecule has 3 rings (SSSR count). The topological polar surface area (TPSA) is 93.1 Å². The van der Waals surface area contributed by atoms with Gasteiger partial charge in [-0.15, -0.1) is 0 Å². The lowest BCUT2D eigenvalue weighted by Gasteiger charge is -2.30. The second kappa shape index (κ2) is 4.16. The molecule has 1 aromatic carbocycles. The van der Waals surface area contributed by atoms with Crippen molar-refractivity contribution in [3.63, 3.8) is 0 Å². The van der Waals surface area contributed by atoms with E-state index in [4.69, 9.17) is 9.47 Å². The van der Waals surface area contributed by atoms with Crippen molar-refractivity contribution in [3.05, 3.63) is 46.7 Å². The van der Waals surface area contributed by atoms with E-state index in [0.717, 1.165) is 0 Å². The van der Waals surface area contributed by atoms with Gasteiger partial charge in [-0.3, -0.25) is 4.79 Å². The molecule has 2 atom stereocenters. The van der Waals surface area contributed by atoms with Gasteiger partial charge in [0.05, 0.1) is 6.61 Å². The Kier molecular flexibility index (Phi) is 2.73. The van der Waals surface area contributed by atoms with E-state index in [1.54, 1.807) is 19.1 Å². The van der Waals surface area contributed by atoms with Gasteiger partial charge in [-0.05, 0) is 13.8 Å². The van der Waals surface area contributed by atoms with Gasteiger partial charge in [0.15, 0.2) is 0 Å². The molecular weight excluding hydrogens is 276 g/mol. The van der Waals surface area contributed by atoms with Crippen LogP contribution in [-0.4, -0.2) is 34.2 Å². The first kappa shape index (κ1) is 13.8. The minimum atomic E-state index is -2.48. The highest BCUT2D eigenvalue weighted by Crippen LogP contribution is 2.54. The molecule has 2 N–H and O–H groups in total. The fourth-order valence-corrected chi connectivity index (χ4v) is 2.95. The summed E-state index contributed by atoms with van der Waals surface area (Å²) in [7, 11) is 0. The summed E-state index contributed by atoms with van der Waals surface area (Å²) in [6.07, 6.45) is 0. The first-order chi connectivity index (χ1) is 9.88. The third-order valence-electron chi connectivity index (χ3n) is 3.85. The minimum Gasteiger partial charge on any atom is -0.462 e. The SMILES string of the molecule is CCOC(=O)C1=C(C)O[C@]2(O)c3ccccc3C(=O)[C@]12O. The van der Waals surface area contributed by atoms with Gasteiger partial charge in [0.2, 0.25) is 11.4 Å². The zero-order chi connectivity index (χ0) is 15.4. The van der Waals surface area contributed by atoms with Crippen molar-refractivity contribution in [2.75, 3.05) is 6.61 Å². The Bertz CT molecular complexity index is 691. The van der Waals surface area contributed by atoms with Crippen molar-refractivity contribution < 1.29 is 29.3 Å². The summed E-state index contributed by atoms with van der Waals surface area (Å²) in [6.45, 7) is 3.08. The molecule has 0 spiro atoms. The van der Waals surface area contributed by atoms with Crippen molar-refractivity contribution in [2.24, 2.45) is 0 Å². The molecule has 0 bridgehead atoms. The number of Topliss-reactive ketones (excluding diaryl/α,β-unsaturated/α-hetero) is 1. The molecule has 1 aromatic rings. The van der Waals surface area contributed by atoms with E-state index in [1.807, 2.05) is 0 Å². The number of carbonyl (C=O) groups excluding carboxylic acids is 2. The monoisotopic (exact) mass is 290 g/mol. The first-order valence-electron chi connectivity index (χ1n) is 6.54. The van der Waals surface area contributed by atoms with Crippen LogP contribution in [0.1, 0.15) is 29.8 Å². The Morgan fingerprint density at radius 2 is 2.00 bits per heavy atom. The molecule has 1 heterocycles. The second-order valence-electron chi connectivity index (χ2n) is 4.98. The van der Waals surface area contributed by atoms with Gasteiger partial charge in [-0.1, -0.05) is 24.3 Å². The number of esters is 1. The van der Waals surface area contributed by atoms with Crippen LogP contribution in [0.15, 0.2) is 35.6 Å². The highest BCUT2D eigenvalue weighted by molar-refractivity contribution is 6.15. The van der Waals surface area contributed by atoms with Crippen molar-refractivity contribution in [1.82, 2.24) is 0 Å². The molecule has 0 saturated carbocycles. The van der Waals surface area contributed by atoms with Crippen LogP contribution < -0.4 is 0 Å². The molecule has 0 radical (unpaired) electrons. The summed E-state index contributed by atoms with van der Waals surface area (Å²) in [5.74, 6) is -3.98. The van der Waals surface area contributed by atoms with Crippen LogP contribution in [-0.2, 0) is 20.1 Å². The van der Waals surface area contributed by atoms with Crippen LogP contribution in [0.4, 0.5) is 0 Å². The molecule has 0 amide bonds.